The summed E-state index contributed by atoms with van der Waals surface area (Å²) in [5, 5.41) is 7.62. The van der Waals surface area contributed by atoms with Crippen LogP contribution in [0.25, 0.3) is 0 Å². The molecule has 2 heterocycles. The Labute approximate surface area is 114 Å². The second kappa shape index (κ2) is 6.82. The SMILES string of the molecule is CCCNC1COCC1C(=O)c1ccnn1CCC. The fraction of sp³-hybridized carbons (Fsp3) is 0.714. The lowest BCUT2D eigenvalue weighted by molar-refractivity contribution is 0.0880. The van der Waals surface area contributed by atoms with Crippen molar-refractivity contribution < 1.29 is 9.53 Å². The summed E-state index contributed by atoms with van der Waals surface area (Å²) in [6, 6.07) is 1.95. The number of rotatable bonds is 7. The van der Waals surface area contributed by atoms with E-state index in [1.807, 2.05) is 6.07 Å². The molecule has 2 unspecified atom stereocenters. The molecule has 0 saturated carbocycles. The maximum absolute atomic E-state index is 12.6. The Kier molecular flexibility index (Phi) is 5.10. The summed E-state index contributed by atoms with van der Waals surface area (Å²) in [6.07, 6.45) is 3.74. The van der Waals surface area contributed by atoms with E-state index < -0.39 is 0 Å². The summed E-state index contributed by atoms with van der Waals surface area (Å²) in [4.78, 5) is 12.6. The van der Waals surface area contributed by atoms with E-state index in [-0.39, 0.29) is 17.7 Å². The molecule has 2 rings (SSSR count). The molecule has 1 fully saturated rings. The van der Waals surface area contributed by atoms with Crippen LogP contribution in [0.4, 0.5) is 0 Å². The molecule has 0 amide bonds. The van der Waals surface area contributed by atoms with Gasteiger partial charge in [0.25, 0.3) is 0 Å². The highest BCUT2D eigenvalue weighted by molar-refractivity contribution is 5.97. The average molecular weight is 265 g/mol. The van der Waals surface area contributed by atoms with Crippen molar-refractivity contribution in [3.8, 4) is 0 Å². The summed E-state index contributed by atoms with van der Waals surface area (Å²) in [6.45, 7) is 7.05. The molecule has 2 atom stereocenters. The van der Waals surface area contributed by atoms with Crippen LogP contribution in [0.3, 0.4) is 0 Å². The molecule has 19 heavy (non-hydrogen) atoms. The minimum atomic E-state index is -0.0844. The Balaban J connectivity index is 2.07. The van der Waals surface area contributed by atoms with Crippen LogP contribution in [0.15, 0.2) is 12.3 Å². The summed E-state index contributed by atoms with van der Waals surface area (Å²) in [5.41, 5.74) is 0.709. The zero-order valence-electron chi connectivity index (χ0n) is 11.8. The van der Waals surface area contributed by atoms with Crippen LogP contribution in [0, 0.1) is 5.92 Å². The number of nitrogens with one attached hydrogen (secondary N) is 1. The van der Waals surface area contributed by atoms with E-state index in [4.69, 9.17) is 4.74 Å². The molecule has 0 bridgehead atoms. The molecule has 1 saturated heterocycles. The maximum atomic E-state index is 12.6. The molecule has 1 N–H and O–H groups in total. The predicted molar refractivity (Wildman–Crippen MR) is 73.2 cm³/mol. The first-order valence-electron chi connectivity index (χ1n) is 7.15. The van der Waals surface area contributed by atoms with Gasteiger partial charge in [0.1, 0.15) is 5.69 Å². The zero-order chi connectivity index (χ0) is 13.7. The van der Waals surface area contributed by atoms with Gasteiger partial charge in [0.15, 0.2) is 5.78 Å². The predicted octanol–water partition coefficient (Wildman–Crippen LogP) is 1.49. The van der Waals surface area contributed by atoms with Crippen LogP contribution in [0.5, 0.6) is 0 Å². The number of aromatic nitrogens is 2. The lowest BCUT2D eigenvalue weighted by atomic mass is 9.96. The number of hydrogen-bond acceptors (Lipinski definition) is 4. The number of carbonyl (C=O) groups excluding carboxylic acids is 1. The van der Waals surface area contributed by atoms with E-state index in [2.05, 4.69) is 24.3 Å². The van der Waals surface area contributed by atoms with E-state index in [1.54, 1.807) is 10.9 Å². The first kappa shape index (κ1) is 14.2. The number of ketones is 1. The van der Waals surface area contributed by atoms with Gasteiger partial charge in [0, 0.05) is 18.8 Å². The molecule has 1 aliphatic heterocycles. The Hall–Kier alpha value is -1.20. The van der Waals surface area contributed by atoms with Gasteiger partial charge < -0.3 is 10.1 Å². The molecule has 0 spiro atoms. The van der Waals surface area contributed by atoms with Crippen LogP contribution in [0.2, 0.25) is 0 Å². The van der Waals surface area contributed by atoms with Crippen molar-refractivity contribution in [2.24, 2.45) is 5.92 Å². The lowest BCUT2D eigenvalue weighted by Gasteiger charge is -2.18. The van der Waals surface area contributed by atoms with Crippen molar-refractivity contribution in [2.75, 3.05) is 19.8 Å². The fourth-order valence-electron chi connectivity index (χ4n) is 2.47. The van der Waals surface area contributed by atoms with Crippen molar-refractivity contribution in [1.82, 2.24) is 15.1 Å². The topological polar surface area (TPSA) is 56.1 Å². The molecule has 5 nitrogen and oxygen atoms in total. The van der Waals surface area contributed by atoms with Crippen LogP contribution in [-0.4, -0.2) is 41.4 Å². The van der Waals surface area contributed by atoms with Crippen LogP contribution < -0.4 is 5.32 Å². The van der Waals surface area contributed by atoms with Gasteiger partial charge in [0.05, 0.1) is 19.1 Å². The first-order valence-corrected chi connectivity index (χ1v) is 7.15. The highest BCUT2D eigenvalue weighted by atomic mass is 16.5. The van der Waals surface area contributed by atoms with E-state index in [0.29, 0.717) is 18.9 Å². The Morgan fingerprint density at radius 1 is 1.47 bits per heavy atom. The molecule has 0 radical (unpaired) electrons. The maximum Gasteiger partial charge on any atom is 0.187 e. The third-order valence-corrected chi connectivity index (χ3v) is 3.48. The molecule has 0 aliphatic carbocycles. The summed E-state index contributed by atoms with van der Waals surface area (Å²) in [5.74, 6) is 0.0657. The lowest BCUT2D eigenvalue weighted by Crippen LogP contribution is -2.40. The highest BCUT2D eigenvalue weighted by Crippen LogP contribution is 2.19. The molecule has 106 valence electrons. The van der Waals surface area contributed by atoms with Gasteiger partial charge >= 0.3 is 0 Å². The van der Waals surface area contributed by atoms with E-state index in [1.165, 1.54) is 0 Å². The number of Topliss-reactive ketones (excluding diaryl/α,β-unsaturated/α-hetero) is 1. The summed E-state index contributed by atoms with van der Waals surface area (Å²) in [7, 11) is 0. The number of aryl methyl sites for hydroxylation is 1. The van der Waals surface area contributed by atoms with Gasteiger partial charge in [0.2, 0.25) is 0 Å². The largest absolute Gasteiger partial charge is 0.379 e. The van der Waals surface area contributed by atoms with Gasteiger partial charge in [-0.3, -0.25) is 9.48 Å². The normalized spacial score (nSPS) is 22.8. The van der Waals surface area contributed by atoms with Gasteiger partial charge in [-0.1, -0.05) is 13.8 Å². The minimum Gasteiger partial charge on any atom is -0.379 e. The van der Waals surface area contributed by atoms with E-state index in [9.17, 15) is 4.79 Å². The second-order valence-corrected chi connectivity index (χ2v) is 5.01. The van der Waals surface area contributed by atoms with Crippen molar-refractivity contribution >= 4 is 5.78 Å². The number of nitrogens with zero attached hydrogens (tertiary/aromatic N) is 2. The smallest absolute Gasteiger partial charge is 0.187 e. The summed E-state index contributed by atoms with van der Waals surface area (Å²) >= 11 is 0. The zero-order valence-corrected chi connectivity index (χ0v) is 11.8. The van der Waals surface area contributed by atoms with Gasteiger partial charge in [-0.05, 0) is 25.5 Å². The minimum absolute atomic E-state index is 0.0844. The molecule has 1 aromatic rings. The molecular weight excluding hydrogens is 242 g/mol. The van der Waals surface area contributed by atoms with E-state index >= 15 is 0 Å². The van der Waals surface area contributed by atoms with Crippen LogP contribution >= 0.6 is 0 Å². The standard InChI is InChI=1S/C14H23N3O2/c1-3-6-15-12-10-19-9-11(12)14(18)13-5-7-16-17(13)8-4-2/h5,7,11-12,15H,3-4,6,8-10H2,1-2H3. The number of carbonyl (C=O) groups is 1. The third kappa shape index (κ3) is 3.22. The van der Waals surface area contributed by atoms with Crippen molar-refractivity contribution in [2.45, 2.75) is 39.3 Å². The number of ether oxygens (including phenoxy) is 1. The quantitative estimate of drug-likeness (QED) is 0.759. The van der Waals surface area contributed by atoms with Crippen molar-refractivity contribution in [1.29, 1.82) is 0 Å². The van der Waals surface area contributed by atoms with Crippen LogP contribution in [0.1, 0.15) is 37.2 Å². The van der Waals surface area contributed by atoms with Gasteiger partial charge in [-0.15, -0.1) is 0 Å². The Morgan fingerprint density at radius 3 is 3.05 bits per heavy atom. The Bertz CT molecular complexity index is 417. The summed E-state index contributed by atoms with van der Waals surface area (Å²) < 4.78 is 7.28. The average Bonchev–Trinajstić information content (AvgIpc) is 3.04. The van der Waals surface area contributed by atoms with Gasteiger partial charge in [-0.25, -0.2) is 0 Å². The second-order valence-electron chi connectivity index (χ2n) is 5.01. The van der Waals surface area contributed by atoms with Crippen molar-refractivity contribution in [3.05, 3.63) is 18.0 Å². The molecule has 1 aromatic heterocycles. The monoisotopic (exact) mass is 265 g/mol. The molecule has 5 heteroatoms. The van der Waals surface area contributed by atoms with E-state index in [0.717, 1.165) is 25.9 Å². The Morgan fingerprint density at radius 2 is 2.32 bits per heavy atom. The third-order valence-electron chi connectivity index (χ3n) is 3.48. The number of hydrogen-bond donors (Lipinski definition) is 1. The highest BCUT2D eigenvalue weighted by Gasteiger charge is 2.35. The molecular formula is C14H23N3O2. The van der Waals surface area contributed by atoms with Crippen LogP contribution in [-0.2, 0) is 11.3 Å². The first-order chi connectivity index (χ1) is 9.27. The van der Waals surface area contributed by atoms with Gasteiger partial charge in [-0.2, -0.15) is 5.10 Å². The molecule has 1 aliphatic rings. The molecule has 0 aromatic carbocycles. The fourth-order valence-corrected chi connectivity index (χ4v) is 2.47. The van der Waals surface area contributed by atoms with Crippen molar-refractivity contribution in [3.63, 3.8) is 0 Å².